The Bertz CT molecular complexity index is 1160. The largest absolute Gasteiger partial charge is 0.507 e. The van der Waals surface area contributed by atoms with Gasteiger partial charge in [0.15, 0.2) is 0 Å². The number of phenolic OH excluding ortho intramolecular Hbond substituents is 1. The Morgan fingerprint density at radius 3 is 2.59 bits per heavy atom. The number of benzene rings is 2. The molecule has 1 fully saturated rings. The van der Waals surface area contributed by atoms with Crippen LogP contribution in [0.15, 0.2) is 51.7 Å². The lowest BCUT2D eigenvalue weighted by atomic mass is 9.94. The van der Waals surface area contributed by atoms with Crippen molar-refractivity contribution in [3.8, 4) is 5.75 Å². The molecule has 0 radical (unpaired) electrons. The molecule has 1 saturated heterocycles. The minimum atomic E-state index is -0.409. The topological polar surface area (TPSA) is 82.8 Å². The first kappa shape index (κ1) is 22.1. The van der Waals surface area contributed by atoms with Gasteiger partial charge >= 0.3 is 5.63 Å². The van der Waals surface area contributed by atoms with Crippen LogP contribution in [0.4, 0.5) is 0 Å². The van der Waals surface area contributed by atoms with E-state index in [1.807, 2.05) is 50.2 Å². The zero-order chi connectivity index (χ0) is 22.7. The molecule has 0 saturated carbocycles. The number of piperidine rings is 1. The van der Waals surface area contributed by atoms with E-state index >= 15 is 0 Å². The van der Waals surface area contributed by atoms with Crippen LogP contribution in [0.3, 0.4) is 0 Å². The van der Waals surface area contributed by atoms with Gasteiger partial charge in [0.2, 0.25) is 5.91 Å². The molecule has 3 aromatic rings. The van der Waals surface area contributed by atoms with Crippen LogP contribution in [0.5, 0.6) is 5.75 Å². The van der Waals surface area contributed by atoms with Crippen LogP contribution in [0.1, 0.15) is 42.0 Å². The van der Waals surface area contributed by atoms with E-state index in [-0.39, 0.29) is 17.6 Å². The maximum atomic E-state index is 12.6. The monoisotopic (exact) mass is 434 g/mol. The lowest BCUT2D eigenvalue weighted by Crippen LogP contribution is -2.40. The average molecular weight is 435 g/mol. The third-order valence-electron chi connectivity index (χ3n) is 6.42. The Labute approximate surface area is 187 Å². The van der Waals surface area contributed by atoms with E-state index in [0.717, 1.165) is 48.0 Å². The number of phenols is 1. The van der Waals surface area contributed by atoms with Gasteiger partial charge in [-0.1, -0.05) is 37.3 Å². The van der Waals surface area contributed by atoms with Gasteiger partial charge in [-0.15, -0.1) is 0 Å². The summed E-state index contributed by atoms with van der Waals surface area (Å²) in [6.07, 6.45) is 2.21. The summed E-state index contributed by atoms with van der Waals surface area (Å²) >= 11 is 0. The quantitative estimate of drug-likeness (QED) is 0.575. The van der Waals surface area contributed by atoms with Crippen molar-refractivity contribution in [2.45, 2.75) is 46.2 Å². The van der Waals surface area contributed by atoms with Crippen molar-refractivity contribution in [2.24, 2.45) is 5.92 Å². The maximum Gasteiger partial charge on any atom is 0.336 e. The fraction of sp³-hybridized carbons (Fsp3) is 0.385. The van der Waals surface area contributed by atoms with Gasteiger partial charge in [-0.05, 0) is 62.0 Å². The van der Waals surface area contributed by atoms with Crippen LogP contribution in [0, 0.1) is 12.8 Å². The zero-order valence-electron chi connectivity index (χ0n) is 18.7. The van der Waals surface area contributed by atoms with Crippen LogP contribution < -0.4 is 10.9 Å². The predicted molar refractivity (Wildman–Crippen MR) is 125 cm³/mol. The van der Waals surface area contributed by atoms with E-state index in [9.17, 15) is 14.7 Å². The Balaban J connectivity index is 1.44. The lowest BCUT2D eigenvalue weighted by Gasteiger charge is -2.31. The van der Waals surface area contributed by atoms with E-state index in [1.165, 1.54) is 6.07 Å². The molecular weight excluding hydrogens is 404 g/mol. The molecule has 0 aliphatic carbocycles. The van der Waals surface area contributed by atoms with Crippen LogP contribution in [-0.4, -0.2) is 29.0 Å². The van der Waals surface area contributed by atoms with E-state index in [1.54, 1.807) is 0 Å². The molecule has 6 nitrogen and oxygen atoms in total. The van der Waals surface area contributed by atoms with E-state index in [4.69, 9.17) is 4.42 Å². The van der Waals surface area contributed by atoms with Gasteiger partial charge in [-0.3, -0.25) is 9.69 Å². The van der Waals surface area contributed by atoms with Gasteiger partial charge in [0.25, 0.3) is 0 Å². The second kappa shape index (κ2) is 9.57. The standard InChI is InChI=1S/C26H30N2O4/c1-3-19-14-21-17(2)13-23(29)32-25(21)22(24(19)30)16-28-11-9-20(10-12-28)26(31)27-15-18-7-5-4-6-8-18/h4-8,13-14,20,30H,3,9-12,15-16H2,1-2H3,(H,27,31). The van der Waals surface area contributed by atoms with Gasteiger partial charge in [0, 0.05) is 30.5 Å². The Hall–Kier alpha value is -3.12. The zero-order valence-corrected chi connectivity index (χ0v) is 18.7. The van der Waals surface area contributed by atoms with Crippen molar-refractivity contribution < 1.29 is 14.3 Å². The number of rotatable bonds is 6. The summed E-state index contributed by atoms with van der Waals surface area (Å²) in [7, 11) is 0. The number of aromatic hydroxyl groups is 1. The summed E-state index contributed by atoms with van der Waals surface area (Å²) < 4.78 is 5.52. The summed E-state index contributed by atoms with van der Waals surface area (Å²) in [5.41, 5.74) is 3.50. The predicted octanol–water partition coefficient (Wildman–Crippen LogP) is 3.90. The SMILES string of the molecule is CCc1cc2c(C)cc(=O)oc2c(CN2CCC(C(=O)NCc3ccccc3)CC2)c1O. The van der Waals surface area contributed by atoms with E-state index in [0.29, 0.717) is 30.7 Å². The molecule has 2 aromatic carbocycles. The van der Waals surface area contributed by atoms with Crippen molar-refractivity contribution >= 4 is 16.9 Å². The number of nitrogens with one attached hydrogen (secondary N) is 1. The summed E-state index contributed by atoms with van der Waals surface area (Å²) in [5.74, 6) is 0.287. The van der Waals surface area contributed by atoms with Gasteiger partial charge in [-0.2, -0.15) is 0 Å². The Morgan fingerprint density at radius 1 is 1.19 bits per heavy atom. The molecule has 2 heterocycles. The number of likely N-dealkylation sites (tertiary alicyclic amines) is 1. The first-order chi connectivity index (χ1) is 15.5. The molecule has 0 unspecified atom stereocenters. The number of aryl methyl sites for hydroxylation is 2. The molecule has 4 rings (SSSR count). The number of carbonyl (C=O) groups is 1. The van der Waals surface area contributed by atoms with Crippen LogP contribution in [0.25, 0.3) is 11.0 Å². The van der Waals surface area contributed by atoms with Gasteiger partial charge in [-0.25, -0.2) is 4.79 Å². The molecule has 6 heteroatoms. The number of amides is 1. The first-order valence-corrected chi connectivity index (χ1v) is 11.3. The van der Waals surface area contributed by atoms with Crippen molar-refractivity contribution in [3.05, 3.63) is 75.1 Å². The fourth-order valence-corrected chi connectivity index (χ4v) is 4.49. The van der Waals surface area contributed by atoms with Crippen molar-refractivity contribution in [1.82, 2.24) is 10.2 Å². The smallest absolute Gasteiger partial charge is 0.336 e. The third-order valence-corrected chi connectivity index (χ3v) is 6.42. The first-order valence-electron chi connectivity index (χ1n) is 11.3. The third kappa shape index (κ3) is 4.70. The van der Waals surface area contributed by atoms with Crippen LogP contribution >= 0.6 is 0 Å². The molecule has 1 amide bonds. The second-order valence-corrected chi connectivity index (χ2v) is 8.60. The molecule has 1 aliphatic rings. The van der Waals surface area contributed by atoms with Gasteiger partial charge in [0.05, 0.1) is 5.56 Å². The maximum absolute atomic E-state index is 12.6. The highest BCUT2D eigenvalue weighted by Crippen LogP contribution is 2.34. The minimum absolute atomic E-state index is 0.0116. The highest BCUT2D eigenvalue weighted by Gasteiger charge is 2.26. The lowest BCUT2D eigenvalue weighted by molar-refractivity contribution is -0.126. The number of carbonyl (C=O) groups excluding carboxylic acids is 1. The molecule has 32 heavy (non-hydrogen) atoms. The van der Waals surface area contributed by atoms with Gasteiger partial charge < -0.3 is 14.8 Å². The Morgan fingerprint density at radius 2 is 1.91 bits per heavy atom. The number of hydrogen-bond acceptors (Lipinski definition) is 5. The van der Waals surface area contributed by atoms with Crippen molar-refractivity contribution in [1.29, 1.82) is 0 Å². The van der Waals surface area contributed by atoms with Crippen molar-refractivity contribution in [2.75, 3.05) is 13.1 Å². The summed E-state index contributed by atoms with van der Waals surface area (Å²) in [6.45, 7) is 6.41. The molecule has 1 aliphatic heterocycles. The van der Waals surface area contributed by atoms with Crippen LogP contribution in [0.2, 0.25) is 0 Å². The highest BCUT2D eigenvalue weighted by molar-refractivity contribution is 5.86. The number of nitrogens with zero attached hydrogens (tertiary/aromatic N) is 1. The van der Waals surface area contributed by atoms with Crippen molar-refractivity contribution in [3.63, 3.8) is 0 Å². The second-order valence-electron chi connectivity index (χ2n) is 8.60. The summed E-state index contributed by atoms with van der Waals surface area (Å²) in [6, 6.07) is 13.3. The van der Waals surface area contributed by atoms with E-state index in [2.05, 4.69) is 10.2 Å². The van der Waals surface area contributed by atoms with E-state index < -0.39 is 5.63 Å². The summed E-state index contributed by atoms with van der Waals surface area (Å²) in [4.78, 5) is 26.8. The fourth-order valence-electron chi connectivity index (χ4n) is 4.49. The summed E-state index contributed by atoms with van der Waals surface area (Å²) in [5, 5.41) is 14.8. The highest BCUT2D eigenvalue weighted by atomic mass is 16.4. The molecule has 2 N–H and O–H groups in total. The average Bonchev–Trinajstić information content (AvgIpc) is 2.80. The molecule has 0 bridgehead atoms. The van der Waals surface area contributed by atoms with Crippen LogP contribution in [-0.2, 0) is 24.3 Å². The normalized spacial score (nSPS) is 15.2. The molecule has 168 valence electrons. The molecule has 0 atom stereocenters. The Kier molecular flexibility index (Phi) is 6.61. The number of hydrogen-bond donors (Lipinski definition) is 2. The molecular formula is C26H30N2O4. The molecule has 0 spiro atoms. The number of fused-ring (bicyclic) bond motifs is 1. The minimum Gasteiger partial charge on any atom is -0.507 e. The van der Waals surface area contributed by atoms with Gasteiger partial charge in [0.1, 0.15) is 11.3 Å². The molecule has 1 aromatic heterocycles.